The van der Waals surface area contributed by atoms with Gasteiger partial charge in [0.1, 0.15) is 11.5 Å². The molecule has 0 radical (unpaired) electrons. The molecule has 2 aromatic heterocycles. The van der Waals surface area contributed by atoms with Crippen LogP contribution in [0.2, 0.25) is 0 Å². The van der Waals surface area contributed by atoms with Crippen molar-refractivity contribution in [2.45, 2.75) is 18.8 Å². The van der Waals surface area contributed by atoms with Gasteiger partial charge in [0.25, 0.3) is 0 Å². The zero-order valence-corrected chi connectivity index (χ0v) is 15.0. The number of halogens is 2. The quantitative estimate of drug-likeness (QED) is 0.755. The van der Waals surface area contributed by atoms with Gasteiger partial charge in [0.15, 0.2) is 11.6 Å². The summed E-state index contributed by atoms with van der Waals surface area (Å²) in [5.74, 6) is -0.565. The Hall–Kier alpha value is -2.47. The lowest BCUT2D eigenvalue weighted by molar-refractivity contribution is 0.256. The monoisotopic (exact) mass is 356 g/mol. The van der Waals surface area contributed by atoms with Crippen molar-refractivity contribution in [2.75, 3.05) is 25.5 Å². The average molecular weight is 356 g/mol. The van der Waals surface area contributed by atoms with Crippen molar-refractivity contribution >= 4 is 22.5 Å². The van der Waals surface area contributed by atoms with E-state index in [0.29, 0.717) is 17.4 Å². The molecule has 6 heteroatoms. The highest BCUT2D eigenvalue weighted by Gasteiger charge is 2.22. The van der Waals surface area contributed by atoms with Crippen molar-refractivity contribution in [3.8, 4) is 0 Å². The van der Waals surface area contributed by atoms with Crippen LogP contribution in [-0.2, 0) is 7.05 Å². The fraction of sp³-hybridized carbons (Fsp3) is 0.350. The summed E-state index contributed by atoms with van der Waals surface area (Å²) >= 11 is 0. The molecule has 0 atom stereocenters. The SMILES string of the molecule is CN1CCC(c2cn(C)c3nc(Nc4ccc(F)c(F)c4)ccc23)CC1. The first-order valence-electron chi connectivity index (χ1n) is 8.88. The smallest absolute Gasteiger partial charge is 0.160 e. The highest BCUT2D eigenvalue weighted by atomic mass is 19.2. The molecule has 136 valence electrons. The fourth-order valence-electron chi connectivity index (χ4n) is 3.72. The number of hydrogen-bond acceptors (Lipinski definition) is 3. The molecule has 1 aromatic carbocycles. The zero-order valence-electron chi connectivity index (χ0n) is 15.0. The van der Waals surface area contributed by atoms with Crippen molar-refractivity contribution in [1.82, 2.24) is 14.5 Å². The lowest BCUT2D eigenvalue weighted by Crippen LogP contribution is -2.29. The lowest BCUT2D eigenvalue weighted by Gasteiger charge is -2.28. The first kappa shape index (κ1) is 17.0. The van der Waals surface area contributed by atoms with E-state index in [4.69, 9.17) is 0 Å². The van der Waals surface area contributed by atoms with Gasteiger partial charge in [0.2, 0.25) is 0 Å². The molecule has 3 heterocycles. The van der Waals surface area contributed by atoms with Gasteiger partial charge in [0.05, 0.1) is 0 Å². The second-order valence-electron chi connectivity index (χ2n) is 7.09. The molecule has 1 aliphatic rings. The molecule has 0 spiro atoms. The minimum atomic E-state index is -0.875. The van der Waals surface area contributed by atoms with Gasteiger partial charge in [-0.05, 0) is 68.7 Å². The van der Waals surface area contributed by atoms with Gasteiger partial charge in [-0.25, -0.2) is 13.8 Å². The van der Waals surface area contributed by atoms with Crippen molar-refractivity contribution in [2.24, 2.45) is 7.05 Å². The van der Waals surface area contributed by atoms with Gasteiger partial charge in [0, 0.05) is 30.4 Å². The van der Waals surface area contributed by atoms with Crippen molar-refractivity contribution in [3.63, 3.8) is 0 Å². The number of anilines is 2. The van der Waals surface area contributed by atoms with Crippen LogP contribution in [0.5, 0.6) is 0 Å². The summed E-state index contributed by atoms with van der Waals surface area (Å²) in [6.45, 7) is 2.23. The number of aryl methyl sites for hydroxylation is 1. The maximum atomic E-state index is 13.4. The normalized spacial score (nSPS) is 16.3. The van der Waals surface area contributed by atoms with Crippen LogP contribution in [-0.4, -0.2) is 34.6 Å². The molecule has 1 N–H and O–H groups in total. The minimum absolute atomic E-state index is 0.473. The second kappa shape index (κ2) is 6.68. The van der Waals surface area contributed by atoms with Crippen LogP contribution < -0.4 is 5.32 Å². The van der Waals surface area contributed by atoms with Gasteiger partial charge in [-0.15, -0.1) is 0 Å². The Morgan fingerprint density at radius 1 is 1.04 bits per heavy atom. The van der Waals surface area contributed by atoms with Crippen LogP contribution in [0.15, 0.2) is 36.5 Å². The van der Waals surface area contributed by atoms with E-state index in [1.165, 1.54) is 11.6 Å². The number of piperidine rings is 1. The molecular formula is C20H22F2N4. The van der Waals surface area contributed by atoms with E-state index >= 15 is 0 Å². The van der Waals surface area contributed by atoms with Crippen molar-refractivity contribution in [1.29, 1.82) is 0 Å². The van der Waals surface area contributed by atoms with Crippen LogP contribution in [0.4, 0.5) is 20.3 Å². The molecule has 4 rings (SSSR count). The molecule has 1 saturated heterocycles. The molecule has 0 saturated carbocycles. The van der Waals surface area contributed by atoms with Crippen LogP contribution >= 0.6 is 0 Å². The zero-order chi connectivity index (χ0) is 18.3. The molecule has 0 amide bonds. The molecular weight excluding hydrogens is 334 g/mol. The number of rotatable bonds is 3. The Labute approximate surface area is 151 Å². The van der Waals surface area contributed by atoms with Crippen molar-refractivity contribution in [3.05, 3.63) is 53.7 Å². The third-order valence-corrected chi connectivity index (χ3v) is 5.20. The average Bonchev–Trinajstić information content (AvgIpc) is 2.95. The van der Waals surface area contributed by atoms with Crippen LogP contribution in [0, 0.1) is 11.6 Å². The second-order valence-corrected chi connectivity index (χ2v) is 7.09. The molecule has 26 heavy (non-hydrogen) atoms. The summed E-state index contributed by atoms with van der Waals surface area (Å²) in [7, 11) is 4.16. The Bertz CT molecular complexity index is 942. The molecule has 0 bridgehead atoms. The third-order valence-electron chi connectivity index (χ3n) is 5.20. The molecule has 0 unspecified atom stereocenters. The van der Waals surface area contributed by atoms with E-state index in [1.54, 1.807) is 0 Å². The summed E-state index contributed by atoms with van der Waals surface area (Å²) < 4.78 is 28.5. The maximum absolute atomic E-state index is 13.4. The number of likely N-dealkylation sites (tertiary alicyclic amines) is 1. The first-order chi connectivity index (χ1) is 12.5. The van der Waals surface area contributed by atoms with Gasteiger partial charge in [-0.3, -0.25) is 0 Å². The first-order valence-corrected chi connectivity index (χ1v) is 8.88. The molecule has 1 fully saturated rings. The Morgan fingerprint density at radius 3 is 2.54 bits per heavy atom. The largest absolute Gasteiger partial charge is 0.340 e. The number of nitrogens with one attached hydrogen (secondary N) is 1. The maximum Gasteiger partial charge on any atom is 0.160 e. The summed E-state index contributed by atoms with van der Waals surface area (Å²) in [5.41, 5.74) is 2.72. The molecule has 4 nitrogen and oxygen atoms in total. The number of pyridine rings is 1. The van der Waals surface area contributed by atoms with Gasteiger partial charge in [-0.2, -0.15) is 0 Å². The summed E-state index contributed by atoms with van der Waals surface area (Å²) in [6, 6.07) is 7.70. The standard InChI is InChI=1S/C20H22F2N4/c1-25-9-7-13(8-10-25)16-12-26(2)20-15(16)4-6-19(24-20)23-14-3-5-17(21)18(22)11-14/h3-6,11-13H,7-10H2,1-2H3,(H,23,24). The molecule has 0 aliphatic carbocycles. The number of hydrogen-bond donors (Lipinski definition) is 1. The van der Waals surface area contributed by atoms with Crippen LogP contribution in [0.3, 0.4) is 0 Å². The summed E-state index contributed by atoms with van der Waals surface area (Å²) in [5, 5.41) is 4.21. The highest BCUT2D eigenvalue weighted by molar-refractivity contribution is 5.83. The summed E-state index contributed by atoms with van der Waals surface area (Å²) in [6.07, 6.45) is 4.49. The lowest BCUT2D eigenvalue weighted by atomic mass is 9.90. The van der Waals surface area contributed by atoms with Gasteiger partial charge < -0.3 is 14.8 Å². The van der Waals surface area contributed by atoms with E-state index in [0.717, 1.165) is 49.1 Å². The van der Waals surface area contributed by atoms with E-state index < -0.39 is 11.6 Å². The number of nitrogens with zero attached hydrogens (tertiary/aromatic N) is 3. The minimum Gasteiger partial charge on any atom is -0.340 e. The number of benzene rings is 1. The Kier molecular flexibility index (Phi) is 4.36. The number of fused-ring (bicyclic) bond motifs is 1. The Morgan fingerprint density at radius 2 is 1.81 bits per heavy atom. The van der Waals surface area contributed by atoms with Crippen LogP contribution in [0.1, 0.15) is 24.3 Å². The van der Waals surface area contributed by atoms with Crippen LogP contribution in [0.25, 0.3) is 11.0 Å². The van der Waals surface area contributed by atoms with E-state index in [1.807, 2.05) is 17.7 Å². The van der Waals surface area contributed by atoms with E-state index in [2.05, 4.69) is 34.5 Å². The predicted molar refractivity (Wildman–Crippen MR) is 99.8 cm³/mol. The van der Waals surface area contributed by atoms with E-state index in [9.17, 15) is 8.78 Å². The van der Waals surface area contributed by atoms with E-state index in [-0.39, 0.29) is 0 Å². The van der Waals surface area contributed by atoms with Gasteiger partial charge in [-0.1, -0.05) is 0 Å². The highest BCUT2D eigenvalue weighted by Crippen LogP contribution is 2.34. The molecule has 3 aromatic rings. The predicted octanol–water partition coefficient (Wildman–Crippen LogP) is 4.40. The number of aromatic nitrogens is 2. The summed E-state index contributed by atoms with van der Waals surface area (Å²) in [4.78, 5) is 7.04. The van der Waals surface area contributed by atoms with Gasteiger partial charge >= 0.3 is 0 Å². The molecule has 1 aliphatic heterocycles. The third kappa shape index (κ3) is 3.17. The topological polar surface area (TPSA) is 33.1 Å². The van der Waals surface area contributed by atoms with Crippen molar-refractivity contribution < 1.29 is 8.78 Å². The fourth-order valence-corrected chi connectivity index (χ4v) is 3.72. The Balaban J connectivity index is 1.63.